The van der Waals surface area contributed by atoms with Gasteiger partial charge in [-0.25, -0.2) is 0 Å². The Morgan fingerprint density at radius 3 is 2.22 bits per heavy atom. The van der Waals surface area contributed by atoms with E-state index in [4.69, 9.17) is 9.47 Å². The molecule has 0 saturated carbocycles. The SMILES string of the molecule is COCCN(CCOC)C(=O)c1ccccc1S. The summed E-state index contributed by atoms with van der Waals surface area (Å²) < 4.78 is 10.0. The van der Waals surface area contributed by atoms with Crippen molar-refractivity contribution < 1.29 is 14.3 Å². The molecule has 0 heterocycles. The number of hydrogen-bond donors (Lipinski definition) is 1. The Balaban J connectivity index is 2.77. The quantitative estimate of drug-likeness (QED) is 0.766. The van der Waals surface area contributed by atoms with Crippen LogP contribution in [0, 0.1) is 0 Å². The second kappa shape index (κ2) is 8.13. The predicted octanol–water partition coefficient (Wildman–Crippen LogP) is 1.71. The van der Waals surface area contributed by atoms with Gasteiger partial charge in [0.1, 0.15) is 0 Å². The second-order valence-corrected chi connectivity index (χ2v) is 4.28. The van der Waals surface area contributed by atoms with E-state index in [2.05, 4.69) is 12.6 Å². The summed E-state index contributed by atoms with van der Waals surface area (Å²) in [5.41, 5.74) is 0.605. The highest BCUT2D eigenvalue weighted by atomic mass is 32.1. The largest absolute Gasteiger partial charge is 0.383 e. The minimum absolute atomic E-state index is 0.0466. The number of nitrogens with zero attached hydrogens (tertiary/aromatic N) is 1. The van der Waals surface area contributed by atoms with Gasteiger partial charge in [0.15, 0.2) is 0 Å². The molecule has 0 N–H and O–H groups in total. The van der Waals surface area contributed by atoms with Crippen molar-refractivity contribution in [3.8, 4) is 0 Å². The lowest BCUT2D eigenvalue weighted by Crippen LogP contribution is -2.36. The normalized spacial score (nSPS) is 10.4. The molecular formula is C13H19NO3S. The van der Waals surface area contributed by atoms with Crippen molar-refractivity contribution in [1.29, 1.82) is 0 Å². The van der Waals surface area contributed by atoms with E-state index in [1.165, 1.54) is 0 Å². The van der Waals surface area contributed by atoms with Crippen molar-refractivity contribution in [2.45, 2.75) is 4.90 Å². The molecule has 1 amide bonds. The van der Waals surface area contributed by atoms with Gasteiger partial charge in [0, 0.05) is 32.2 Å². The summed E-state index contributed by atoms with van der Waals surface area (Å²) in [5.74, 6) is -0.0466. The molecule has 0 radical (unpaired) electrons. The van der Waals surface area contributed by atoms with Crippen LogP contribution in [0.5, 0.6) is 0 Å². The maximum absolute atomic E-state index is 12.3. The average molecular weight is 269 g/mol. The molecule has 1 rings (SSSR count). The third-order valence-electron chi connectivity index (χ3n) is 2.55. The lowest BCUT2D eigenvalue weighted by atomic mass is 10.2. The van der Waals surface area contributed by atoms with Crippen LogP contribution in [0.3, 0.4) is 0 Å². The van der Waals surface area contributed by atoms with E-state index in [1.54, 1.807) is 31.3 Å². The number of methoxy groups -OCH3 is 2. The summed E-state index contributed by atoms with van der Waals surface area (Å²) in [6, 6.07) is 7.27. The molecule has 0 aliphatic heterocycles. The molecule has 1 aromatic rings. The number of carbonyl (C=O) groups excluding carboxylic acids is 1. The summed E-state index contributed by atoms with van der Waals surface area (Å²) in [6.45, 7) is 2.09. The third kappa shape index (κ3) is 4.33. The molecule has 0 aliphatic rings. The van der Waals surface area contributed by atoms with E-state index in [0.717, 1.165) is 0 Å². The molecule has 0 atom stereocenters. The van der Waals surface area contributed by atoms with Crippen molar-refractivity contribution >= 4 is 18.5 Å². The van der Waals surface area contributed by atoms with Gasteiger partial charge in [-0.1, -0.05) is 12.1 Å². The summed E-state index contributed by atoms with van der Waals surface area (Å²) in [4.78, 5) is 14.7. The predicted molar refractivity (Wildman–Crippen MR) is 73.3 cm³/mol. The maximum atomic E-state index is 12.3. The number of hydrogen-bond acceptors (Lipinski definition) is 4. The molecule has 100 valence electrons. The van der Waals surface area contributed by atoms with E-state index < -0.39 is 0 Å². The molecule has 1 aromatic carbocycles. The van der Waals surface area contributed by atoms with Crippen LogP contribution in [0.1, 0.15) is 10.4 Å². The van der Waals surface area contributed by atoms with Crippen molar-refractivity contribution in [3.05, 3.63) is 29.8 Å². The number of ether oxygens (including phenoxy) is 2. The minimum Gasteiger partial charge on any atom is -0.383 e. The van der Waals surface area contributed by atoms with Crippen LogP contribution < -0.4 is 0 Å². The van der Waals surface area contributed by atoms with Crippen LogP contribution in [0.4, 0.5) is 0 Å². The first-order chi connectivity index (χ1) is 8.70. The number of amides is 1. The smallest absolute Gasteiger partial charge is 0.255 e. The Labute approximate surface area is 113 Å². The summed E-state index contributed by atoms with van der Waals surface area (Å²) >= 11 is 4.30. The lowest BCUT2D eigenvalue weighted by Gasteiger charge is -2.22. The van der Waals surface area contributed by atoms with E-state index >= 15 is 0 Å². The molecule has 18 heavy (non-hydrogen) atoms. The monoisotopic (exact) mass is 269 g/mol. The van der Waals surface area contributed by atoms with Gasteiger partial charge >= 0.3 is 0 Å². The van der Waals surface area contributed by atoms with Crippen LogP contribution in [0.25, 0.3) is 0 Å². The fourth-order valence-corrected chi connectivity index (χ4v) is 1.80. The van der Waals surface area contributed by atoms with Crippen LogP contribution in [-0.2, 0) is 9.47 Å². The molecule has 5 heteroatoms. The fraction of sp³-hybridized carbons (Fsp3) is 0.462. The van der Waals surface area contributed by atoms with Gasteiger partial charge in [0.05, 0.1) is 18.8 Å². The first-order valence-electron chi connectivity index (χ1n) is 5.75. The van der Waals surface area contributed by atoms with E-state index in [0.29, 0.717) is 36.8 Å². The summed E-state index contributed by atoms with van der Waals surface area (Å²) in [6.07, 6.45) is 0. The number of carbonyl (C=O) groups is 1. The first kappa shape index (κ1) is 15.0. The van der Waals surface area contributed by atoms with Crippen LogP contribution >= 0.6 is 12.6 Å². The fourth-order valence-electron chi connectivity index (χ4n) is 1.54. The zero-order valence-corrected chi connectivity index (χ0v) is 11.7. The number of benzene rings is 1. The van der Waals surface area contributed by atoms with Gasteiger partial charge in [0.25, 0.3) is 5.91 Å². The Morgan fingerprint density at radius 2 is 1.72 bits per heavy atom. The Hall–Kier alpha value is -1.04. The van der Waals surface area contributed by atoms with Crippen LogP contribution in [0.15, 0.2) is 29.2 Å². The van der Waals surface area contributed by atoms with Gasteiger partial charge in [-0.3, -0.25) is 4.79 Å². The van der Waals surface area contributed by atoms with Crippen molar-refractivity contribution in [2.75, 3.05) is 40.5 Å². The standard InChI is InChI=1S/C13H19NO3S/c1-16-9-7-14(8-10-17-2)13(15)11-5-3-4-6-12(11)18/h3-6,18H,7-10H2,1-2H3. The first-order valence-corrected chi connectivity index (χ1v) is 6.20. The van der Waals surface area contributed by atoms with E-state index in [1.807, 2.05) is 12.1 Å². The average Bonchev–Trinajstić information content (AvgIpc) is 2.39. The highest BCUT2D eigenvalue weighted by Gasteiger charge is 2.16. The van der Waals surface area contributed by atoms with E-state index in [9.17, 15) is 4.79 Å². The highest BCUT2D eigenvalue weighted by molar-refractivity contribution is 7.80. The van der Waals surface area contributed by atoms with E-state index in [-0.39, 0.29) is 5.91 Å². The van der Waals surface area contributed by atoms with Gasteiger partial charge in [-0.2, -0.15) is 0 Å². The molecule has 0 bridgehead atoms. The van der Waals surface area contributed by atoms with Gasteiger partial charge < -0.3 is 14.4 Å². The molecule has 0 aliphatic carbocycles. The Kier molecular flexibility index (Phi) is 6.78. The molecule has 0 saturated heterocycles. The van der Waals surface area contributed by atoms with Crippen LogP contribution in [-0.4, -0.2) is 51.3 Å². The lowest BCUT2D eigenvalue weighted by molar-refractivity contribution is 0.0624. The van der Waals surface area contributed by atoms with Gasteiger partial charge in [0.2, 0.25) is 0 Å². The molecule has 0 fully saturated rings. The Morgan fingerprint density at radius 1 is 1.17 bits per heavy atom. The summed E-state index contributed by atoms with van der Waals surface area (Å²) in [7, 11) is 3.23. The third-order valence-corrected chi connectivity index (χ3v) is 2.94. The number of rotatable bonds is 7. The van der Waals surface area contributed by atoms with Gasteiger partial charge in [-0.15, -0.1) is 12.6 Å². The molecule has 4 nitrogen and oxygen atoms in total. The van der Waals surface area contributed by atoms with Crippen LogP contribution in [0.2, 0.25) is 0 Å². The summed E-state index contributed by atoms with van der Waals surface area (Å²) in [5, 5.41) is 0. The second-order valence-electron chi connectivity index (χ2n) is 3.79. The topological polar surface area (TPSA) is 38.8 Å². The zero-order chi connectivity index (χ0) is 13.4. The van der Waals surface area contributed by atoms with Crippen molar-refractivity contribution in [3.63, 3.8) is 0 Å². The van der Waals surface area contributed by atoms with Gasteiger partial charge in [-0.05, 0) is 12.1 Å². The maximum Gasteiger partial charge on any atom is 0.255 e. The zero-order valence-electron chi connectivity index (χ0n) is 10.8. The minimum atomic E-state index is -0.0466. The highest BCUT2D eigenvalue weighted by Crippen LogP contribution is 2.15. The Bertz CT molecular complexity index is 376. The molecule has 0 unspecified atom stereocenters. The molecule has 0 aromatic heterocycles. The molecule has 0 spiro atoms. The van der Waals surface area contributed by atoms with Crippen molar-refractivity contribution in [2.24, 2.45) is 0 Å². The molecular weight excluding hydrogens is 250 g/mol. The van der Waals surface area contributed by atoms with Crippen molar-refractivity contribution in [1.82, 2.24) is 4.90 Å². The number of thiol groups is 1.